The first-order valence-electron chi connectivity index (χ1n) is 3.89. The van der Waals surface area contributed by atoms with E-state index in [0.717, 1.165) is 0 Å². The van der Waals surface area contributed by atoms with Crippen LogP contribution in [0.1, 0.15) is 27.7 Å². The molecule has 0 aromatic heterocycles. The number of hydrogen-bond donors (Lipinski definition) is 0. The Morgan fingerprint density at radius 3 is 2.18 bits per heavy atom. The van der Waals surface area contributed by atoms with E-state index in [1.54, 1.807) is 6.08 Å². The monoisotopic (exact) mass is 148 g/mol. The van der Waals surface area contributed by atoms with Crippen LogP contribution in [0.5, 0.6) is 0 Å². The van der Waals surface area contributed by atoms with E-state index in [9.17, 15) is 0 Å². The van der Waals surface area contributed by atoms with E-state index in [0.29, 0.717) is 5.92 Å². The summed E-state index contributed by atoms with van der Waals surface area (Å²) in [7, 11) is 0. The lowest BCUT2D eigenvalue weighted by Gasteiger charge is -2.05. The van der Waals surface area contributed by atoms with Gasteiger partial charge in [-0.3, -0.25) is 0 Å². The van der Waals surface area contributed by atoms with Crippen LogP contribution < -0.4 is 0 Å². The SMILES string of the molecule is C=CC#CC(=C(C)C)C(C)C. The number of rotatable bonds is 1. The summed E-state index contributed by atoms with van der Waals surface area (Å²) >= 11 is 0. The summed E-state index contributed by atoms with van der Waals surface area (Å²) in [5.41, 5.74) is 2.53. The normalized spacial score (nSPS) is 8.45. The maximum Gasteiger partial charge on any atom is 0.00357 e. The van der Waals surface area contributed by atoms with Gasteiger partial charge in [0.1, 0.15) is 0 Å². The van der Waals surface area contributed by atoms with Crippen molar-refractivity contribution < 1.29 is 0 Å². The fourth-order valence-corrected chi connectivity index (χ4v) is 0.975. The van der Waals surface area contributed by atoms with Crippen molar-refractivity contribution in [1.29, 1.82) is 0 Å². The Balaban J connectivity index is 4.64. The summed E-state index contributed by atoms with van der Waals surface area (Å²) < 4.78 is 0. The van der Waals surface area contributed by atoms with E-state index in [4.69, 9.17) is 0 Å². The quantitative estimate of drug-likeness (QED) is 0.501. The van der Waals surface area contributed by atoms with Crippen molar-refractivity contribution >= 4 is 0 Å². The minimum atomic E-state index is 0.521. The van der Waals surface area contributed by atoms with Crippen molar-refractivity contribution in [3.8, 4) is 11.8 Å². The van der Waals surface area contributed by atoms with Crippen molar-refractivity contribution in [3.63, 3.8) is 0 Å². The maximum atomic E-state index is 3.56. The molecule has 0 bridgehead atoms. The molecule has 0 heterocycles. The zero-order chi connectivity index (χ0) is 8.85. The van der Waals surface area contributed by atoms with E-state index >= 15 is 0 Å². The highest BCUT2D eigenvalue weighted by Crippen LogP contribution is 2.12. The predicted molar refractivity (Wildman–Crippen MR) is 51.2 cm³/mol. The summed E-state index contributed by atoms with van der Waals surface area (Å²) in [4.78, 5) is 0. The Morgan fingerprint density at radius 2 is 1.91 bits per heavy atom. The molecule has 0 aliphatic carbocycles. The molecule has 0 fully saturated rings. The van der Waals surface area contributed by atoms with Gasteiger partial charge in [0.15, 0.2) is 0 Å². The third-order valence-corrected chi connectivity index (χ3v) is 1.42. The van der Waals surface area contributed by atoms with Crippen LogP contribution in [-0.4, -0.2) is 0 Å². The van der Waals surface area contributed by atoms with Gasteiger partial charge in [0.05, 0.1) is 0 Å². The Morgan fingerprint density at radius 1 is 1.36 bits per heavy atom. The van der Waals surface area contributed by atoms with Gasteiger partial charge in [0.25, 0.3) is 0 Å². The highest BCUT2D eigenvalue weighted by Gasteiger charge is 1.99. The van der Waals surface area contributed by atoms with Crippen molar-refractivity contribution in [1.82, 2.24) is 0 Å². The molecule has 11 heavy (non-hydrogen) atoms. The lowest BCUT2D eigenvalue weighted by Crippen LogP contribution is -1.93. The first-order chi connectivity index (χ1) is 5.09. The fraction of sp³-hybridized carbons (Fsp3) is 0.455. The highest BCUT2D eigenvalue weighted by atomic mass is 14.0. The lowest BCUT2D eigenvalue weighted by molar-refractivity contribution is 0.787. The Kier molecular flexibility index (Phi) is 4.38. The zero-order valence-corrected chi connectivity index (χ0v) is 7.86. The fourth-order valence-electron chi connectivity index (χ4n) is 0.975. The van der Waals surface area contributed by atoms with Crippen LogP contribution in [0.4, 0.5) is 0 Å². The molecule has 0 saturated heterocycles. The summed E-state index contributed by atoms with van der Waals surface area (Å²) in [6.45, 7) is 12.0. The molecular weight excluding hydrogens is 132 g/mol. The minimum Gasteiger partial charge on any atom is -0.0906 e. The third kappa shape index (κ3) is 3.68. The average Bonchev–Trinajstić information content (AvgIpc) is 1.87. The van der Waals surface area contributed by atoms with Gasteiger partial charge in [-0.15, -0.1) is 0 Å². The van der Waals surface area contributed by atoms with Crippen molar-refractivity contribution in [2.45, 2.75) is 27.7 Å². The van der Waals surface area contributed by atoms with Crippen molar-refractivity contribution in [2.24, 2.45) is 5.92 Å². The molecule has 0 rings (SSSR count). The van der Waals surface area contributed by atoms with Gasteiger partial charge in [-0.25, -0.2) is 0 Å². The van der Waals surface area contributed by atoms with Crippen LogP contribution in [0.3, 0.4) is 0 Å². The molecule has 0 N–H and O–H groups in total. The van der Waals surface area contributed by atoms with Gasteiger partial charge < -0.3 is 0 Å². The largest absolute Gasteiger partial charge is 0.0906 e. The van der Waals surface area contributed by atoms with Gasteiger partial charge in [-0.2, -0.15) is 0 Å². The molecule has 0 atom stereocenters. The molecule has 0 amide bonds. The van der Waals surface area contributed by atoms with E-state index in [2.05, 4.69) is 46.1 Å². The van der Waals surface area contributed by atoms with Gasteiger partial charge >= 0.3 is 0 Å². The lowest BCUT2D eigenvalue weighted by atomic mass is 9.99. The minimum absolute atomic E-state index is 0.521. The van der Waals surface area contributed by atoms with Crippen LogP contribution in [0, 0.1) is 17.8 Å². The average molecular weight is 148 g/mol. The Bertz CT molecular complexity index is 214. The summed E-state index contributed by atoms with van der Waals surface area (Å²) in [6, 6.07) is 0. The second-order valence-corrected chi connectivity index (χ2v) is 3.04. The molecule has 0 aliphatic rings. The maximum absolute atomic E-state index is 3.56. The number of hydrogen-bond acceptors (Lipinski definition) is 0. The third-order valence-electron chi connectivity index (χ3n) is 1.42. The molecule has 0 aromatic carbocycles. The molecule has 0 saturated carbocycles. The zero-order valence-electron chi connectivity index (χ0n) is 7.86. The summed E-state index contributed by atoms with van der Waals surface area (Å²) in [5.74, 6) is 6.47. The molecular formula is C11H16. The molecule has 0 spiro atoms. The van der Waals surface area contributed by atoms with E-state index in [-0.39, 0.29) is 0 Å². The topological polar surface area (TPSA) is 0 Å². The van der Waals surface area contributed by atoms with Crippen LogP contribution >= 0.6 is 0 Å². The van der Waals surface area contributed by atoms with Crippen molar-refractivity contribution in [2.75, 3.05) is 0 Å². The number of allylic oxidation sites excluding steroid dienone is 3. The van der Waals surface area contributed by atoms with Gasteiger partial charge in [0.2, 0.25) is 0 Å². The van der Waals surface area contributed by atoms with E-state index in [1.165, 1.54) is 11.1 Å². The van der Waals surface area contributed by atoms with Crippen molar-refractivity contribution in [3.05, 3.63) is 23.8 Å². The second kappa shape index (κ2) is 4.79. The molecule has 0 aliphatic heterocycles. The second-order valence-electron chi connectivity index (χ2n) is 3.04. The summed E-state index contributed by atoms with van der Waals surface area (Å²) in [6.07, 6.45) is 1.63. The molecule has 0 unspecified atom stereocenters. The predicted octanol–water partition coefficient (Wildman–Crippen LogP) is 3.17. The standard InChI is InChI=1S/C11H16/c1-6-7-8-11(9(2)3)10(4)5/h6,9H,1H2,2-5H3. The Labute approximate surface area is 70.0 Å². The molecule has 0 aromatic rings. The smallest absolute Gasteiger partial charge is 0.00357 e. The Hall–Kier alpha value is -0.960. The van der Waals surface area contributed by atoms with Gasteiger partial charge in [-0.1, -0.05) is 37.8 Å². The molecule has 0 nitrogen and oxygen atoms in total. The van der Waals surface area contributed by atoms with Crippen LogP contribution in [0.25, 0.3) is 0 Å². The van der Waals surface area contributed by atoms with E-state index in [1.807, 2.05) is 0 Å². The molecule has 0 radical (unpaired) electrons. The van der Waals surface area contributed by atoms with Crippen LogP contribution in [0.2, 0.25) is 0 Å². The molecule has 60 valence electrons. The highest BCUT2D eigenvalue weighted by molar-refractivity contribution is 5.36. The molecule has 0 heteroatoms. The van der Waals surface area contributed by atoms with Gasteiger partial charge in [0, 0.05) is 5.57 Å². The van der Waals surface area contributed by atoms with E-state index < -0.39 is 0 Å². The van der Waals surface area contributed by atoms with Crippen LogP contribution in [0.15, 0.2) is 23.8 Å². The summed E-state index contributed by atoms with van der Waals surface area (Å²) in [5, 5.41) is 0. The van der Waals surface area contributed by atoms with Gasteiger partial charge in [-0.05, 0) is 25.8 Å². The first kappa shape index (κ1) is 10.0. The first-order valence-corrected chi connectivity index (χ1v) is 3.89. The van der Waals surface area contributed by atoms with Crippen LogP contribution in [-0.2, 0) is 0 Å².